The number of thiophene rings is 1. The van der Waals surface area contributed by atoms with Gasteiger partial charge in [0.05, 0.1) is 22.8 Å². The number of hydrogen-bond donors (Lipinski definition) is 3. The van der Waals surface area contributed by atoms with Crippen LogP contribution in [0.15, 0.2) is 9.95 Å². The molecule has 2 heterocycles. The number of amides is 2. The SMILES string of the molecule is CCCn1c(SCC(=O)Nc2sc(C(=O)NC)c(C)c2C(=O)OCC)n[nH]c1=O. The Kier molecular flexibility index (Phi) is 8.02. The van der Waals surface area contributed by atoms with Gasteiger partial charge in [-0.25, -0.2) is 14.7 Å². The molecule has 0 radical (unpaired) electrons. The number of carbonyl (C=O) groups is 3. The van der Waals surface area contributed by atoms with Gasteiger partial charge in [0.15, 0.2) is 5.16 Å². The lowest BCUT2D eigenvalue weighted by atomic mass is 10.1. The molecule has 29 heavy (non-hydrogen) atoms. The normalized spacial score (nSPS) is 10.6. The molecule has 2 rings (SSSR count). The van der Waals surface area contributed by atoms with E-state index in [0.717, 1.165) is 29.5 Å². The highest BCUT2D eigenvalue weighted by Crippen LogP contribution is 2.34. The Hall–Kier alpha value is -2.60. The number of ether oxygens (including phenoxy) is 1. The first kappa shape index (κ1) is 22.7. The molecule has 0 unspecified atom stereocenters. The fourth-order valence-electron chi connectivity index (χ4n) is 2.51. The molecule has 3 N–H and O–H groups in total. The summed E-state index contributed by atoms with van der Waals surface area (Å²) in [5.74, 6) is -1.39. The van der Waals surface area contributed by atoms with Crippen molar-refractivity contribution in [2.75, 3.05) is 24.7 Å². The molecule has 158 valence electrons. The highest BCUT2D eigenvalue weighted by Gasteiger charge is 2.26. The lowest BCUT2D eigenvalue weighted by molar-refractivity contribution is -0.113. The first-order valence-electron chi connectivity index (χ1n) is 8.94. The molecule has 2 aromatic heterocycles. The fourth-order valence-corrected chi connectivity index (χ4v) is 4.44. The van der Waals surface area contributed by atoms with E-state index in [9.17, 15) is 19.2 Å². The minimum absolute atomic E-state index is 0.0253. The zero-order chi connectivity index (χ0) is 21.6. The number of carbonyl (C=O) groups excluding carboxylic acids is 3. The van der Waals surface area contributed by atoms with Gasteiger partial charge < -0.3 is 15.4 Å². The number of esters is 1. The molecular formula is C17H23N5O5S2. The molecule has 0 fully saturated rings. The van der Waals surface area contributed by atoms with Gasteiger partial charge in [-0.2, -0.15) is 0 Å². The van der Waals surface area contributed by atoms with Crippen LogP contribution in [0.4, 0.5) is 5.00 Å². The van der Waals surface area contributed by atoms with Crippen molar-refractivity contribution in [1.82, 2.24) is 20.1 Å². The Morgan fingerprint density at radius 2 is 2.03 bits per heavy atom. The molecular weight excluding hydrogens is 418 g/mol. The van der Waals surface area contributed by atoms with Gasteiger partial charge in [0.2, 0.25) is 5.91 Å². The van der Waals surface area contributed by atoms with Crippen LogP contribution in [0.3, 0.4) is 0 Å². The second kappa shape index (κ2) is 10.3. The highest BCUT2D eigenvalue weighted by molar-refractivity contribution is 7.99. The van der Waals surface area contributed by atoms with Gasteiger partial charge in [-0.1, -0.05) is 18.7 Å². The average Bonchev–Trinajstić information content (AvgIpc) is 3.20. The van der Waals surface area contributed by atoms with E-state index in [4.69, 9.17) is 4.74 Å². The largest absolute Gasteiger partial charge is 0.462 e. The van der Waals surface area contributed by atoms with Gasteiger partial charge in [0.1, 0.15) is 5.00 Å². The van der Waals surface area contributed by atoms with Crippen LogP contribution in [0.1, 0.15) is 45.9 Å². The Morgan fingerprint density at radius 1 is 1.31 bits per heavy atom. The molecule has 2 aromatic rings. The van der Waals surface area contributed by atoms with Crippen molar-refractivity contribution in [2.45, 2.75) is 38.9 Å². The number of hydrogen-bond acceptors (Lipinski definition) is 8. The third-order valence-electron chi connectivity index (χ3n) is 3.82. The number of aromatic nitrogens is 3. The van der Waals surface area contributed by atoms with Gasteiger partial charge in [-0.05, 0) is 25.8 Å². The molecule has 0 bridgehead atoms. The summed E-state index contributed by atoms with van der Waals surface area (Å²) >= 11 is 2.11. The third-order valence-corrected chi connectivity index (χ3v) is 6.00. The van der Waals surface area contributed by atoms with Crippen LogP contribution >= 0.6 is 23.1 Å². The van der Waals surface area contributed by atoms with E-state index in [1.807, 2.05) is 6.92 Å². The van der Waals surface area contributed by atoms with E-state index in [1.54, 1.807) is 13.8 Å². The van der Waals surface area contributed by atoms with Crippen LogP contribution in [-0.2, 0) is 16.1 Å². The van der Waals surface area contributed by atoms with Crippen LogP contribution in [0.2, 0.25) is 0 Å². The van der Waals surface area contributed by atoms with Crippen LogP contribution in [0, 0.1) is 6.92 Å². The van der Waals surface area contributed by atoms with E-state index in [1.165, 1.54) is 11.6 Å². The quantitative estimate of drug-likeness (QED) is 0.397. The second-order valence-corrected chi connectivity index (χ2v) is 7.82. The van der Waals surface area contributed by atoms with Crippen LogP contribution in [-0.4, -0.2) is 52.0 Å². The predicted molar refractivity (Wildman–Crippen MR) is 111 cm³/mol. The van der Waals surface area contributed by atoms with Crippen molar-refractivity contribution in [3.63, 3.8) is 0 Å². The molecule has 0 saturated carbocycles. The lowest BCUT2D eigenvalue weighted by Crippen LogP contribution is -2.19. The Morgan fingerprint density at radius 3 is 2.66 bits per heavy atom. The maximum absolute atomic E-state index is 12.5. The minimum atomic E-state index is -0.608. The predicted octanol–water partition coefficient (Wildman–Crippen LogP) is 1.62. The van der Waals surface area contributed by atoms with Crippen molar-refractivity contribution >= 4 is 45.9 Å². The minimum Gasteiger partial charge on any atom is -0.462 e. The van der Waals surface area contributed by atoms with E-state index < -0.39 is 11.9 Å². The summed E-state index contributed by atoms with van der Waals surface area (Å²) < 4.78 is 6.52. The molecule has 2 amide bonds. The zero-order valence-electron chi connectivity index (χ0n) is 16.6. The van der Waals surface area contributed by atoms with Crippen molar-refractivity contribution in [3.8, 4) is 0 Å². The summed E-state index contributed by atoms with van der Waals surface area (Å²) in [6.45, 7) is 5.89. The number of thioether (sulfide) groups is 1. The molecule has 0 aromatic carbocycles. The summed E-state index contributed by atoms with van der Waals surface area (Å²) in [6.07, 6.45) is 0.749. The fraction of sp³-hybridized carbons (Fsp3) is 0.471. The number of nitrogens with zero attached hydrogens (tertiary/aromatic N) is 2. The smallest absolute Gasteiger partial charge is 0.343 e. The summed E-state index contributed by atoms with van der Waals surface area (Å²) in [7, 11) is 1.49. The summed E-state index contributed by atoms with van der Waals surface area (Å²) in [6, 6.07) is 0. The Bertz CT molecular complexity index is 962. The van der Waals surface area contributed by atoms with Crippen LogP contribution in [0.5, 0.6) is 0 Å². The first-order chi connectivity index (χ1) is 13.8. The average molecular weight is 442 g/mol. The molecule has 12 heteroatoms. The number of anilines is 1. The maximum atomic E-state index is 12.5. The monoisotopic (exact) mass is 441 g/mol. The van der Waals surface area contributed by atoms with Crippen molar-refractivity contribution in [2.24, 2.45) is 0 Å². The maximum Gasteiger partial charge on any atom is 0.343 e. The van der Waals surface area contributed by atoms with Crippen molar-refractivity contribution in [1.29, 1.82) is 0 Å². The van der Waals surface area contributed by atoms with Crippen LogP contribution < -0.4 is 16.3 Å². The molecule has 0 atom stereocenters. The van der Waals surface area contributed by atoms with Gasteiger partial charge in [-0.15, -0.1) is 16.4 Å². The highest BCUT2D eigenvalue weighted by atomic mass is 32.2. The van der Waals surface area contributed by atoms with E-state index >= 15 is 0 Å². The molecule has 0 saturated heterocycles. The van der Waals surface area contributed by atoms with E-state index in [-0.39, 0.29) is 34.5 Å². The molecule has 10 nitrogen and oxygen atoms in total. The topological polar surface area (TPSA) is 135 Å². The van der Waals surface area contributed by atoms with Crippen LogP contribution in [0.25, 0.3) is 0 Å². The number of aromatic amines is 1. The summed E-state index contributed by atoms with van der Waals surface area (Å²) in [5.41, 5.74) is 0.278. The molecule has 0 aliphatic rings. The number of H-pyrrole nitrogens is 1. The molecule has 0 aliphatic carbocycles. The summed E-state index contributed by atoms with van der Waals surface area (Å²) in [5, 5.41) is 12.1. The zero-order valence-corrected chi connectivity index (χ0v) is 18.2. The standard InChI is InChI=1S/C17H23N5O5S2/c1-5-7-22-16(26)20-21-17(22)28-8-10(23)19-14-11(15(25)27-6-2)9(3)12(29-14)13(24)18-4/h5-8H2,1-4H3,(H,18,24)(H,19,23)(H,20,26). The van der Waals surface area contributed by atoms with Crippen molar-refractivity contribution in [3.05, 3.63) is 26.5 Å². The number of rotatable bonds is 9. The van der Waals surface area contributed by atoms with Crippen molar-refractivity contribution < 1.29 is 19.1 Å². The van der Waals surface area contributed by atoms with Gasteiger partial charge >= 0.3 is 11.7 Å². The summed E-state index contributed by atoms with van der Waals surface area (Å²) in [4.78, 5) is 48.9. The Labute approximate surface area is 175 Å². The number of nitrogens with one attached hydrogen (secondary N) is 3. The second-order valence-electron chi connectivity index (χ2n) is 5.86. The van der Waals surface area contributed by atoms with Gasteiger partial charge in [-0.3, -0.25) is 14.2 Å². The third kappa shape index (κ3) is 5.26. The Balaban J connectivity index is 2.19. The van der Waals surface area contributed by atoms with E-state index in [2.05, 4.69) is 20.8 Å². The van der Waals surface area contributed by atoms with Gasteiger partial charge in [0.25, 0.3) is 5.91 Å². The lowest BCUT2D eigenvalue weighted by Gasteiger charge is -2.07. The van der Waals surface area contributed by atoms with E-state index in [0.29, 0.717) is 22.1 Å². The molecule has 0 aliphatic heterocycles. The molecule has 0 spiro atoms. The first-order valence-corrected chi connectivity index (χ1v) is 10.7. The van der Waals surface area contributed by atoms with Gasteiger partial charge in [0, 0.05) is 13.6 Å².